The van der Waals surface area contributed by atoms with E-state index in [2.05, 4.69) is 22.5 Å². The first-order chi connectivity index (χ1) is 22.9. The Bertz CT molecular complexity index is 2040. The molecule has 48 heavy (non-hydrogen) atoms. The fourth-order valence-electron chi connectivity index (χ4n) is 4.26. The zero-order valence-electron chi connectivity index (χ0n) is 25.3. The summed E-state index contributed by atoms with van der Waals surface area (Å²) in [6, 6.07) is 23.1. The Morgan fingerprint density at radius 1 is 0.604 bits per heavy atom. The van der Waals surface area contributed by atoms with E-state index in [0.29, 0.717) is 21.3 Å². The summed E-state index contributed by atoms with van der Waals surface area (Å²) in [5, 5.41) is 5.43. The van der Waals surface area contributed by atoms with Gasteiger partial charge >= 0.3 is 0 Å². The van der Waals surface area contributed by atoms with E-state index < -0.39 is 0 Å². The third-order valence-electron chi connectivity index (χ3n) is 6.48. The lowest BCUT2D eigenvalue weighted by atomic mass is 10.1. The summed E-state index contributed by atoms with van der Waals surface area (Å²) >= 11 is 2.59. The van der Waals surface area contributed by atoms with Crippen molar-refractivity contribution in [1.29, 1.82) is 0 Å². The lowest BCUT2D eigenvalue weighted by Crippen LogP contribution is -2.17. The van der Waals surface area contributed by atoms with Crippen LogP contribution in [0.5, 0.6) is 0 Å². The van der Waals surface area contributed by atoms with Gasteiger partial charge in [0.05, 0.1) is 14.7 Å². The van der Waals surface area contributed by atoms with Crippen molar-refractivity contribution in [3.05, 3.63) is 117 Å². The third-order valence-corrected chi connectivity index (χ3v) is 8.82. The molecule has 0 saturated carbocycles. The molecule has 0 atom stereocenters. The van der Waals surface area contributed by atoms with Gasteiger partial charge in [-0.25, -0.2) is 0 Å². The molecule has 0 radical (unpaired) electrons. The van der Waals surface area contributed by atoms with Gasteiger partial charge in [-0.05, 0) is 85.0 Å². The van der Waals surface area contributed by atoms with Crippen LogP contribution < -0.4 is 16.0 Å². The first kappa shape index (κ1) is 34.0. The van der Waals surface area contributed by atoms with Crippen LogP contribution in [-0.4, -0.2) is 33.4 Å². The van der Waals surface area contributed by atoms with E-state index in [9.17, 15) is 28.8 Å². The predicted octanol–water partition coefficient (Wildman–Crippen LogP) is 7.64. The Labute approximate surface area is 286 Å². The fraction of sp³-hybridized carbons (Fsp3) is 0.0588. The van der Waals surface area contributed by atoms with Gasteiger partial charge in [-0.3, -0.25) is 44.7 Å². The van der Waals surface area contributed by atoms with Crippen LogP contribution in [0.15, 0.2) is 103 Å². The molecule has 14 heteroatoms. The minimum Gasteiger partial charge on any atom is -0.457 e. The first-order valence-corrected chi connectivity index (χ1v) is 16.4. The monoisotopic (exact) mass is 699 g/mol. The maximum absolute atomic E-state index is 11.5. The van der Waals surface area contributed by atoms with Gasteiger partial charge in [-0.1, -0.05) is 54.6 Å². The molecule has 242 valence electrons. The van der Waals surface area contributed by atoms with Crippen LogP contribution in [0.1, 0.15) is 22.6 Å². The molecule has 0 unspecified atom stereocenters. The van der Waals surface area contributed by atoms with E-state index >= 15 is 0 Å². The number of hydrogen-bond acceptors (Lipinski definition) is 11. The number of carbonyl (C=O) groups is 6. The average Bonchev–Trinajstić information content (AvgIpc) is 3.86. The molecule has 3 aliphatic rings. The molecule has 0 bridgehead atoms. The zero-order valence-corrected chi connectivity index (χ0v) is 27.7. The van der Waals surface area contributed by atoms with Gasteiger partial charge < -0.3 is 8.83 Å². The van der Waals surface area contributed by atoms with Crippen molar-refractivity contribution >= 4 is 80.9 Å². The van der Waals surface area contributed by atoms with Gasteiger partial charge in [0.2, 0.25) is 0 Å². The Kier molecular flexibility index (Phi) is 10.7. The number of thioether (sulfide) groups is 3. The Hall–Kier alpha value is -5.31. The number of rotatable bonds is 4. The molecule has 11 nitrogen and oxygen atoms in total. The summed E-state index contributed by atoms with van der Waals surface area (Å²) in [5.74, 6) is 1.44. The molecule has 3 N–H and O–H groups in total. The number of hydrogen-bond donors (Lipinski definition) is 3. The molecule has 3 fully saturated rings. The Morgan fingerprint density at radius 3 is 1.62 bits per heavy atom. The van der Waals surface area contributed by atoms with Crippen molar-refractivity contribution in [3.63, 3.8) is 0 Å². The van der Waals surface area contributed by atoms with Gasteiger partial charge in [0.25, 0.3) is 33.4 Å². The Morgan fingerprint density at radius 2 is 1.15 bits per heavy atom. The van der Waals surface area contributed by atoms with Gasteiger partial charge in [-0.15, -0.1) is 0 Å². The van der Waals surface area contributed by atoms with Crippen LogP contribution in [0, 0.1) is 13.8 Å². The number of carbonyl (C=O) groups excluding carboxylic acids is 6. The number of aryl methyl sites for hydroxylation is 2. The summed E-state index contributed by atoms with van der Waals surface area (Å²) in [4.78, 5) is 66.6. The summed E-state index contributed by atoms with van der Waals surface area (Å²) in [5.41, 5.74) is 4.25. The van der Waals surface area contributed by atoms with E-state index in [1.807, 2.05) is 74.5 Å². The van der Waals surface area contributed by atoms with Crippen LogP contribution in [0.3, 0.4) is 0 Å². The highest BCUT2D eigenvalue weighted by atomic mass is 32.2. The van der Waals surface area contributed by atoms with Gasteiger partial charge in [0.15, 0.2) is 0 Å². The molecule has 5 heterocycles. The van der Waals surface area contributed by atoms with Crippen molar-refractivity contribution in [2.75, 3.05) is 0 Å². The summed E-state index contributed by atoms with van der Waals surface area (Å²) in [6.45, 7) is 7.34. The molecule has 3 aliphatic heterocycles. The first-order valence-electron chi connectivity index (χ1n) is 14.0. The lowest BCUT2D eigenvalue weighted by Gasteiger charge is -2.00. The molecule has 0 aliphatic carbocycles. The molecular formula is C34H25N3O8S3. The third kappa shape index (κ3) is 8.73. The molecule has 7 rings (SSSR count). The fourth-order valence-corrected chi connectivity index (χ4v) is 6.09. The van der Waals surface area contributed by atoms with E-state index in [-0.39, 0.29) is 38.3 Å². The van der Waals surface area contributed by atoms with Gasteiger partial charge in [0, 0.05) is 23.3 Å². The molecule has 2 aromatic heterocycles. The number of benzene rings is 2. The van der Waals surface area contributed by atoms with E-state index in [1.165, 1.54) is 0 Å². The molecule has 4 aromatic rings. The molecule has 0 spiro atoms. The Balaban J connectivity index is 0.000000154. The zero-order chi connectivity index (χ0) is 34.4. The van der Waals surface area contributed by atoms with Crippen molar-refractivity contribution in [2.24, 2.45) is 0 Å². The second kappa shape index (κ2) is 15.1. The normalized spacial score (nSPS) is 17.2. The molecule has 3 saturated heterocycles. The largest absolute Gasteiger partial charge is 0.457 e. The topological polar surface area (TPSA) is 165 Å². The highest BCUT2D eigenvalue weighted by Gasteiger charge is 2.26. The summed E-state index contributed by atoms with van der Waals surface area (Å²) in [7, 11) is 0. The van der Waals surface area contributed by atoms with Crippen LogP contribution in [0.4, 0.5) is 14.4 Å². The standard InChI is InChI=1S/2C15H11NO3S.C4H3NO2S/c1-9-3-2-4-10(7-9)12-6-5-11(19-12)8-13-14(17)16-15(18)20-13;1-9-4-2-3-5-11(9)12-7-6-10(19-12)8-13-14(17)16-15(18)20-13;1-2-3(6)5-4(7)8-2/h2*2-8H,1H3,(H,16,17,18);1H2,(H,5,6,7)/b2*13-8-;. The average molecular weight is 700 g/mol. The number of amides is 6. The van der Waals surface area contributed by atoms with Crippen molar-refractivity contribution in [1.82, 2.24) is 16.0 Å². The smallest absolute Gasteiger partial charge is 0.290 e. The van der Waals surface area contributed by atoms with Crippen molar-refractivity contribution in [2.45, 2.75) is 13.8 Å². The van der Waals surface area contributed by atoms with Crippen LogP contribution in [-0.2, 0) is 14.4 Å². The van der Waals surface area contributed by atoms with Crippen LogP contribution in [0.2, 0.25) is 0 Å². The van der Waals surface area contributed by atoms with Crippen LogP contribution in [0.25, 0.3) is 34.8 Å². The highest BCUT2D eigenvalue weighted by molar-refractivity contribution is 8.19. The maximum atomic E-state index is 11.5. The van der Waals surface area contributed by atoms with E-state index in [4.69, 9.17) is 8.83 Å². The van der Waals surface area contributed by atoms with E-state index in [0.717, 1.165) is 69.1 Å². The number of imide groups is 3. The predicted molar refractivity (Wildman–Crippen MR) is 186 cm³/mol. The SMILES string of the molecule is C=C1SC(=O)NC1=O.Cc1cccc(-c2ccc(/C=C3\SC(=O)NC3=O)o2)c1.Cc1ccccc1-c1ccc(/C=C2\SC(=O)NC2=O)o1. The number of furan rings is 2. The molecular weight excluding hydrogens is 675 g/mol. The summed E-state index contributed by atoms with van der Waals surface area (Å²) in [6.07, 6.45) is 3.15. The lowest BCUT2D eigenvalue weighted by molar-refractivity contribution is -0.116. The quantitative estimate of drug-likeness (QED) is 0.179. The van der Waals surface area contributed by atoms with Crippen LogP contribution >= 0.6 is 35.3 Å². The minimum atomic E-state index is -0.381. The minimum absolute atomic E-state index is 0.273. The maximum Gasteiger partial charge on any atom is 0.290 e. The van der Waals surface area contributed by atoms with Gasteiger partial charge in [0.1, 0.15) is 23.0 Å². The van der Waals surface area contributed by atoms with Gasteiger partial charge in [-0.2, -0.15) is 0 Å². The highest BCUT2D eigenvalue weighted by Crippen LogP contribution is 2.31. The van der Waals surface area contributed by atoms with E-state index in [1.54, 1.807) is 24.3 Å². The second-order valence-electron chi connectivity index (χ2n) is 10.1. The molecule has 6 amide bonds. The summed E-state index contributed by atoms with van der Waals surface area (Å²) < 4.78 is 11.4. The van der Waals surface area contributed by atoms with Crippen molar-refractivity contribution in [3.8, 4) is 22.6 Å². The second-order valence-corrected chi connectivity index (χ2v) is 13.2. The van der Waals surface area contributed by atoms with Crippen molar-refractivity contribution < 1.29 is 37.6 Å². The molecule has 2 aromatic carbocycles. The number of nitrogens with one attached hydrogen (secondary N) is 3.